The van der Waals surface area contributed by atoms with Crippen LogP contribution < -0.4 is 5.32 Å². The van der Waals surface area contributed by atoms with Crippen molar-refractivity contribution < 1.29 is 4.52 Å². The number of rotatable bonds is 4. The van der Waals surface area contributed by atoms with Gasteiger partial charge in [-0.2, -0.15) is 4.98 Å². The number of anilines is 1. The van der Waals surface area contributed by atoms with Gasteiger partial charge in [-0.1, -0.05) is 18.5 Å². The minimum Gasteiger partial charge on any atom is -0.335 e. The molecule has 1 aromatic heterocycles. The molecule has 2 saturated carbocycles. The van der Waals surface area contributed by atoms with Gasteiger partial charge in [-0.15, -0.1) is 0 Å². The van der Waals surface area contributed by atoms with E-state index < -0.39 is 0 Å². The second-order valence-corrected chi connectivity index (χ2v) is 4.39. The predicted octanol–water partition coefficient (Wildman–Crippen LogP) is 2.16. The molecule has 1 aromatic rings. The fourth-order valence-corrected chi connectivity index (χ4v) is 1.84. The molecule has 0 amide bonds. The molecule has 0 bridgehead atoms. The Labute approximate surface area is 83.1 Å². The van der Waals surface area contributed by atoms with Gasteiger partial charge in [0, 0.05) is 12.0 Å². The Morgan fingerprint density at radius 2 is 2.36 bits per heavy atom. The van der Waals surface area contributed by atoms with Gasteiger partial charge in [0.25, 0.3) is 0 Å². The van der Waals surface area contributed by atoms with Crippen LogP contribution in [0, 0.1) is 5.92 Å². The maximum absolute atomic E-state index is 5.14. The van der Waals surface area contributed by atoms with E-state index in [1.807, 2.05) is 0 Å². The SMILES string of the molecule is CCC1CC1Nc1nc(C2CC2)no1. The summed E-state index contributed by atoms with van der Waals surface area (Å²) in [5.74, 6) is 2.28. The third-order valence-electron chi connectivity index (χ3n) is 3.14. The van der Waals surface area contributed by atoms with E-state index in [4.69, 9.17) is 4.52 Å². The van der Waals surface area contributed by atoms with Gasteiger partial charge in [-0.3, -0.25) is 0 Å². The van der Waals surface area contributed by atoms with E-state index in [1.54, 1.807) is 0 Å². The lowest BCUT2D eigenvalue weighted by atomic mass is 10.3. The summed E-state index contributed by atoms with van der Waals surface area (Å²) in [5.41, 5.74) is 0. The average Bonchev–Trinajstić information content (AvgIpc) is 3.07. The van der Waals surface area contributed by atoms with Crippen molar-refractivity contribution in [1.29, 1.82) is 0 Å². The van der Waals surface area contributed by atoms with Crippen LogP contribution in [0.4, 0.5) is 6.01 Å². The lowest BCUT2D eigenvalue weighted by Gasteiger charge is -1.96. The molecular weight excluding hydrogens is 178 g/mol. The van der Waals surface area contributed by atoms with Crippen LogP contribution in [0.15, 0.2) is 4.52 Å². The van der Waals surface area contributed by atoms with Gasteiger partial charge in [-0.05, 0) is 25.2 Å². The first-order chi connectivity index (χ1) is 6.86. The highest BCUT2D eigenvalue weighted by atomic mass is 16.5. The maximum Gasteiger partial charge on any atom is 0.321 e. The molecule has 1 heterocycles. The Morgan fingerprint density at radius 1 is 1.50 bits per heavy atom. The van der Waals surface area contributed by atoms with Crippen molar-refractivity contribution in [2.75, 3.05) is 5.32 Å². The molecule has 2 aliphatic carbocycles. The molecule has 0 aliphatic heterocycles. The topological polar surface area (TPSA) is 51.0 Å². The summed E-state index contributed by atoms with van der Waals surface area (Å²) < 4.78 is 5.14. The van der Waals surface area contributed by atoms with Gasteiger partial charge in [0.05, 0.1) is 0 Å². The highest BCUT2D eigenvalue weighted by molar-refractivity contribution is 5.26. The van der Waals surface area contributed by atoms with Crippen molar-refractivity contribution in [2.24, 2.45) is 5.92 Å². The minimum absolute atomic E-state index is 0.576. The summed E-state index contributed by atoms with van der Waals surface area (Å²) in [6.45, 7) is 2.22. The number of aromatic nitrogens is 2. The molecule has 1 N–H and O–H groups in total. The third-order valence-corrected chi connectivity index (χ3v) is 3.14. The smallest absolute Gasteiger partial charge is 0.321 e. The first kappa shape index (κ1) is 8.26. The van der Waals surface area contributed by atoms with E-state index in [2.05, 4.69) is 22.4 Å². The molecule has 0 saturated heterocycles. The molecule has 3 rings (SSSR count). The molecule has 0 spiro atoms. The standard InChI is InChI=1S/C10H15N3O/c1-2-6-5-8(6)11-10-12-9(13-14-10)7-3-4-7/h6-8H,2-5H2,1H3,(H,11,12,13). The fourth-order valence-electron chi connectivity index (χ4n) is 1.84. The van der Waals surface area contributed by atoms with Crippen molar-refractivity contribution in [3.8, 4) is 0 Å². The summed E-state index contributed by atoms with van der Waals surface area (Å²) in [6, 6.07) is 1.19. The normalized spacial score (nSPS) is 30.4. The van der Waals surface area contributed by atoms with Gasteiger partial charge < -0.3 is 9.84 Å². The van der Waals surface area contributed by atoms with Crippen molar-refractivity contribution in [3.05, 3.63) is 5.82 Å². The summed E-state index contributed by atoms with van der Waals surface area (Å²) in [6.07, 6.45) is 4.93. The number of nitrogens with one attached hydrogen (secondary N) is 1. The number of hydrogen-bond acceptors (Lipinski definition) is 4. The van der Waals surface area contributed by atoms with Crippen LogP contribution in [0.5, 0.6) is 0 Å². The van der Waals surface area contributed by atoms with E-state index in [1.165, 1.54) is 25.7 Å². The summed E-state index contributed by atoms with van der Waals surface area (Å²) in [5, 5.41) is 7.24. The molecule has 76 valence electrons. The Morgan fingerprint density at radius 3 is 3.00 bits per heavy atom. The van der Waals surface area contributed by atoms with Crippen LogP contribution in [0.1, 0.15) is 44.3 Å². The zero-order valence-corrected chi connectivity index (χ0v) is 8.36. The van der Waals surface area contributed by atoms with E-state index in [0.717, 1.165) is 11.7 Å². The van der Waals surface area contributed by atoms with Gasteiger partial charge in [-0.25, -0.2) is 0 Å². The molecule has 2 atom stereocenters. The molecule has 2 unspecified atom stereocenters. The Balaban J connectivity index is 1.60. The third kappa shape index (κ3) is 1.49. The average molecular weight is 193 g/mol. The molecular formula is C10H15N3O. The van der Waals surface area contributed by atoms with Crippen molar-refractivity contribution in [1.82, 2.24) is 10.1 Å². The van der Waals surface area contributed by atoms with Crippen LogP contribution in [0.25, 0.3) is 0 Å². The fraction of sp³-hybridized carbons (Fsp3) is 0.800. The molecule has 2 aliphatic rings. The van der Waals surface area contributed by atoms with Crippen LogP contribution in [-0.2, 0) is 0 Å². The van der Waals surface area contributed by atoms with Gasteiger partial charge in [0.15, 0.2) is 5.82 Å². The Hall–Kier alpha value is -1.06. The van der Waals surface area contributed by atoms with E-state index in [-0.39, 0.29) is 0 Å². The van der Waals surface area contributed by atoms with E-state index in [0.29, 0.717) is 18.0 Å². The second-order valence-electron chi connectivity index (χ2n) is 4.39. The monoisotopic (exact) mass is 193 g/mol. The van der Waals surface area contributed by atoms with E-state index in [9.17, 15) is 0 Å². The zero-order chi connectivity index (χ0) is 9.54. The van der Waals surface area contributed by atoms with Crippen LogP contribution in [-0.4, -0.2) is 16.2 Å². The molecule has 4 heteroatoms. The van der Waals surface area contributed by atoms with Crippen molar-refractivity contribution in [3.63, 3.8) is 0 Å². The zero-order valence-electron chi connectivity index (χ0n) is 8.36. The summed E-state index contributed by atoms with van der Waals surface area (Å²) in [4.78, 5) is 4.33. The molecule has 14 heavy (non-hydrogen) atoms. The summed E-state index contributed by atoms with van der Waals surface area (Å²) in [7, 11) is 0. The molecule has 2 fully saturated rings. The quantitative estimate of drug-likeness (QED) is 0.796. The van der Waals surface area contributed by atoms with Crippen molar-refractivity contribution in [2.45, 2.75) is 44.6 Å². The van der Waals surface area contributed by atoms with Crippen LogP contribution >= 0.6 is 0 Å². The van der Waals surface area contributed by atoms with Gasteiger partial charge in [0.1, 0.15) is 0 Å². The number of hydrogen-bond donors (Lipinski definition) is 1. The Kier molecular flexibility index (Phi) is 1.75. The first-order valence-electron chi connectivity index (χ1n) is 5.47. The molecule has 4 nitrogen and oxygen atoms in total. The van der Waals surface area contributed by atoms with Crippen LogP contribution in [0.3, 0.4) is 0 Å². The highest BCUT2D eigenvalue weighted by Crippen LogP contribution is 2.39. The van der Waals surface area contributed by atoms with Gasteiger partial charge in [0.2, 0.25) is 0 Å². The largest absolute Gasteiger partial charge is 0.335 e. The van der Waals surface area contributed by atoms with E-state index >= 15 is 0 Å². The Bertz CT molecular complexity index is 332. The van der Waals surface area contributed by atoms with Gasteiger partial charge >= 0.3 is 6.01 Å². The number of nitrogens with zero attached hydrogens (tertiary/aromatic N) is 2. The predicted molar refractivity (Wildman–Crippen MR) is 52.1 cm³/mol. The summed E-state index contributed by atoms with van der Waals surface area (Å²) >= 11 is 0. The second kappa shape index (κ2) is 2.97. The minimum atomic E-state index is 0.576. The molecule has 0 aromatic carbocycles. The molecule has 0 radical (unpaired) electrons. The van der Waals surface area contributed by atoms with Crippen molar-refractivity contribution >= 4 is 6.01 Å². The lowest BCUT2D eigenvalue weighted by Crippen LogP contribution is -2.04. The maximum atomic E-state index is 5.14. The highest BCUT2D eigenvalue weighted by Gasteiger charge is 2.37. The first-order valence-corrected chi connectivity index (χ1v) is 5.47. The van der Waals surface area contributed by atoms with Crippen LogP contribution in [0.2, 0.25) is 0 Å². The lowest BCUT2D eigenvalue weighted by molar-refractivity contribution is 0.421.